The first-order valence-electron chi connectivity index (χ1n) is 8.49. The van der Waals surface area contributed by atoms with Gasteiger partial charge < -0.3 is 9.80 Å². The Hall–Kier alpha value is -2.89. The Morgan fingerprint density at radius 2 is 1.88 bits per heavy atom. The van der Waals surface area contributed by atoms with Gasteiger partial charge in [0.1, 0.15) is 5.52 Å². The molecule has 4 rings (SSSR count). The zero-order valence-electron chi connectivity index (χ0n) is 14.7. The normalized spacial score (nSPS) is 17.5. The molecule has 3 aromatic rings. The molecule has 128 valence electrons. The van der Waals surface area contributed by atoms with Gasteiger partial charge in [0, 0.05) is 32.2 Å². The van der Waals surface area contributed by atoms with Gasteiger partial charge in [0.25, 0.3) is 5.91 Å². The first-order valence-corrected chi connectivity index (χ1v) is 8.49. The van der Waals surface area contributed by atoms with Crippen molar-refractivity contribution in [2.75, 3.05) is 23.4 Å². The Balaban J connectivity index is 1.80. The first kappa shape index (κ1) is 15.6. The number of amides is 1. The lowest BCUT2D eigenvalue weighted by Gasteiger charge is -2.28. The first-order chi connectivity index (χ1) is 12.1. The van der Waals surface area contributed by atoms with Crippen molar-refractivity contribution in [3.63, 3.8) is 0 Å². The summed E-state index contributed by atoms with van der Waals surface area (Å²) in [5.41, 5.74) is 4.33. The highest BCUT2D eigenvalue weighted by Gasteiger charge is 2.29. The van der Waals surface area contributed by atoms with Gasteiger partial charge in [-0.05, 0) is 43.7 Å². The molecule has 25 heavy (non-hydrogen) atoms. The summed E-state index contributed by atoms with van der Waals surface area (Å²) in [5, 5.41) is 8.15. The number of benzene rings is 2. The van der Waals surface area contributed by atoms with Gasteiger partial charge in [0.2, 0.25) is 0 Å². The third-order valence-corrected chi connectivity index (χ3v) is 4.95. The zero-order valence-corrected chi connectivity index (χ0v) is 14.7. The van der Waals surface area contributed by atoms with Gasteiger partial charge in [0.05, 0.1) is 16.9 Å². The second-order valence-electron chi connectivity index (χ2n) is 6.64. The van der Waals surface area contributed by atoms with E-state index in [9.17, 15) is 4.79 Å². The van der Waals surface area contributed by atoms with Crippen LogP contribution in [0.3, 0.4) is 0 Å². The highest BCUT2D eigenvalue weighted by Crippen LogP contribution is 2.34. The fourth-order valence-electron chi connectivity index (χ4n) is 3.48. The summed E-state index contributed by atoms with van der Waals surface area (Å²) in [6.45, 7) is 3.03. The van der Waals surface area contributed by atoms with E-state index in [-0.39, 0.29) is 11.9 Å². The van der Waals surface area contributed by atoms with Crippen LogP contribution in [0.2, 0.25) is 0 Å². The quantitative estimate of drug-likeness (QED) is 0.686. The van der Waals surface area contributed by atoms with Gasteiger partial charge in [-0.15, -0.1) is 5.10 Å². The monoisotopic (exact) mass is 335 g/mol. The van der Waals surface area contributed by atoms with Crippen molar-refractivity contribution in [1.82, 2.24) is 15.0 Å². The van der Waals surface area contributed by atoms with E-state index in [0.29, 0.717) is 5.56 Å². The van der Waals surface area contributed by atoms with Crippen molar-refractivity contribution in [3.05, 3.63) is 48.0 Å². The van der Waals surface area contributed by atoms with E-state index in [1.807, 2.05) is 48.3 Å². The number of nitrogens with zero attached hydrogens (tertiary/aromatic N) is 5. The van der Waals surface area contributed by atoms with Crippen molar-refractivity contribution in [3.8, 4) is 0 Å². The molecule has 1 aliphatic rings. The average molecular weight is 335 g/mol. The van der Waals surface area contributed by atoms with Crippen LogP contribution in [0.5, 0.6) is 0 Å². The molecule has 0 N–H and O–H groups in total. The number of aryl methyl sites for hydroxylation is 1. The molecule has 2 aromatic carbocycles. The molecule has 1 amide bonds. The van der Waals surface area contributed by atoms with Crippen LogP contribution in [-0.4, -0.2) is 40.5 Å². The van der Waals surface area contributed by atoms with E-state index in [4.69, 9.17) is 0 Å². The third-order valence-electron chi connectivity index (χ3n) is 4.95. The second-order valence-corrected chi connectivity index (χ2v) is 6.64. The maximum atomic E-state index is 13.3. The molecule has 1 aliphatic heterocycles. The molecule has 2 heterocycles. The lowest BCUT2D eigenvalue weighted by molar-refractivity contribution is 0.0978. The maximum Gasteiger partial charge on any atom is 0.258 e. The molecule has 0 spiro atoms. The van der Waals surface area contributed by atoms with Crippen LogP contribution in [0.1, 0.15) is 23.7 Å². The lowest BCUT2D eigenvalue weighted by Crippen LogP contribution is -2.38. The topological polar surface area (TPSA) is 54.3 Å². The predicted octanol–water partition coefficient (Wildman–Crippen LogP) is 2.84. The fourth-order valence-corrected chi connectivity index (χ4v) is 3.48. The van der Waals surface area contributed by atoms with E-state index in [0.717, 1.165) is 35.4 Å². The number of rotatable bonds is 1. The van der Waals surface area contributed by atoms with Crippen molar-refractivity contribution in [1.29, 1.82) is 0 Å². The van der Waals surface area contributed by atoms with Crippen LogP contribution in [0.15, 0.2) is 42.5 Å². The van der Waals surface area contributed by atoms with Gasteiger partial charge in [0.15, 0.2) is 0 Å². The molecule has 0 radical (unpaired) electrons. The molecule has 0 saturated carbocycles. The molecule has 1 aromatic heterocycles. The molecular weight excluding hydrogens is 314 g/mol. The molecule has 0 saturated heterocycles. The highest BCUT2D eigenvalue weighted by molar-refractivity contribution is 6.09. The average Bonchev–Trinajstić information content (AvgIpc) is 2.94. The summed E-state index contributed by atoms with van der Waals surface area (Å²) in [7, 11) is 3.92. The van der Waals surface area contributed by atoms with Crippen LogP contribution in [0.4, 0.5) is 11.4 Å². The van der Waals surface area contributed by atoms with E-state index >= 15 is 0 Å². The van der Waals surface area contributed by atoms with E-state index in [1.54, 1.807) is 4.68 Å². The van der Waals surface area contributed by atoms with Crippen LogP contribution < -0.4 is 9.80 Å². The SMILES string of the molecule is C[C@@H]1CCN(C)c2ccccc2N1C(=O)c1ccc2c(c1)nnn2C. The summed E-state index contributed by atoms with van der Waals surface area (Å²) in [4.78, 5) is 17.5. The number of fused-ring (bicyclic) bond motifs is 2. The third kappa shape index (κ3) is 2.54. The summed E-state index contributed by atoms with van der Waals surface area (Å²) in [6.07, 6.45) is 0.921. The number of carbonyl (C=O) groups is 1. The van der Waals surface area contributed by atoms with Crippen molar-refractivity contribution in [2.24, 2.45) is 7.05 Å². The summed E-state index contributed by atoms with van der Waals surface area (Å²) in [5.74, 6) is 0.00260. The standard InChI is InChI=1S/C19H21N5O/c1-13-10-11-22(2)17-6-4-5-7-18(17)24(13)19(25)14-8-9-16-15(12-14)20-21-23(16)3/h4-9,12-13H,10-11H2,1-3H3/t13-/m1/s1. The second kappa shape index (κ2) is 5.88. The van der Waals surface area contributed by atoms with Crippen molar-refractivity contribution < 1.29 is 4.79 Å². The van der Waals surface area contributed by atoms with Gasteiger partial charge in [-0.3, -0.25) is 4.79 Å². The van der Waals surface area contributed by atoms with Gasteiger partial charge in [-0.1, -0.05) is 17.3 Å². The smallest absolute Gasteiger partial charge is 0.258 e. The van der Waals surface area contributed by atoms with Gasteiger partial charge in [-0.25, -0.2) is 4.68 Å². The number of hydrogen-bond acceptors (Lipinski definition) is 4. The molecule has 1 atom stereocenters. The molecule has 0 bridgehead atoms. The van der Waals surface area contributed by atoms with Crippen LogP contribution in [0, 0.1) is 0 Å². The number of carbonyl (C=O) groups excluding carboxylic acids is 1. The molecule has 6 nitrogen and oxygen atoms in total. The summed E-state index contributed by atoms with van der Waals surface area (Å²) >= 11 is 0. The Bertz CT molecular complexity index is 948. The van der Waals surface area contributed by atoms with E-state index < -0.39 is 0 Å². The minimum Gasteiger partial charge on any atom is -0.373 e. The Kier molecular flexibility index (Phi) is 3.67. The molecule has 0 aliphatic carbocycles. The number of anilines is 2. The van der Waals surface area contributed by atoms with Crippen LogP contribution in [-0.2, 0) is 7.05 Å². The summed E-state index contributed by atoms with van der Waals surface area (Å²) < 4.78 is 1.71. The highest BCUT2D eigenvalue weighted by atomic mass is 16.2. The van der Waals surface area contributed by atoms with E-state index in [2.05, 4.69) is 35.2 Å². The van der Waals surface area contributed by atoms with Gasteiger partial charge >= 0.3 is 0 Å². The van der Waals surface area contributed by atoms with Crippen molar-refractivity contribution in [2.45, 2.75) is 19.4 Å². The molecule has 0 unspecified atom stereocenters. The number of para-hydroxylation sites is 2. The largest absolute Gasteiger partial charge is 0.373 e. The lowest BCUT2D eigenvalue weighted by atomic mass is 10.1. The molecule has 6 heteroatoms. The minimum absolute atomic E-state index is 0.00260. The molecular formula is C19H21N5O. The van der Waals surface area contributed by atoms with Crippen LogP contribution >= 0.6 is 0 Å². The zero-order chi connectivity index (χ0) is 17.6. The summed E-state index contributed by atoms with van der Waals surface area (Å²) in [6, 6.07) is 13.8. The van der Waals surface area contributed by atoms with Crippen LogP contribution in [0.25, 0.3) is 11.0 Å². The Labute approximate surface area is 146 Å². The minimum atomic E-state index is 0.00260. The van der Waals surface area contributed by atoms with Gasteiger partial charge in [-0.2, -0.15) is 0 Å². The Morgan fingerprint density at radius 1 is 1.12 bits per heavy atom. The molecule has 0 fully saturated rings. The maximum absolute atomic E-state index is 13.3. The predicted molar refractivity (Wildman–Crippen MR) is 99.1 cm³/mol. The fraction of sp³-hybridized carbons (Fsp3) is 0.316. The Morgan fingerprint density at radius 3 is 2.68 bits per heavy atom. The van der Waals surface area contributed by atoms with E-state index in [1.165, 1.54) is 0 Å². The number of hydrogen-bond donors (Lipinski definition) is 0. The van der Waals surface area contributed by atoms with Crippen molar-refractivity contribution >= 4 is 28.3 Å². The number of aromatic nitrogens is 3.